The third-order valence-electron chi connectivity index (χ3n) is 2.53. The molecule has 6 N–H and O–H groups in total. The molecule has 6 heteroatoms. The summed E-state index contributed by atoms with van der Waals surface area (Å²) in [6, 6.07) is 7.89. The Labute approximate surface area is 107 Å². The van der Waals surface area contributed by atoms with Crippen molar-refractivity contribution in [3.05, 3.63) is 29.8 Å². The van der Waals surface area contributed by atoms with Gasteiger partial charge in [0.25, 0.3) is 5.96 Å². The Balaban J connectivity index is 2.61. The Kier molecular flexibility index (Phi) is 4.98. The van der Waals surface area contributed by atoms with Gasteiger partial charge in [-0.25, -0.2) is 0 Å². The van der Waals surface area contributed by atoms with Crippen LogP contribution < -0.4 is 21.9 Å². The van der Waals surface area contributed by atoms with Crippen molar-refractivity contribution in [3.63, 3.8) is 0 Å². The number of hydrogen-bond donors (Lipinski definition) is 3. The van der Waals surface area contributed by atoms with Crippen molar-refractivity contribution in [1.82, 2.24) is 0 Å². The number of ether oxygens (including phenoxy) is 1. The van der Waals surface area contributed by atoms with Gasteiger partial charge in [-0.3, -0.25) is 10.3 Å². The molecular weight excluding hydrogens is 230 g/mol. The van der Waals surface area contributed by atoms with Gasteiger partial charge >= 0.3 is 5.96 Å². The second kappa shape index (κ2) is 6.48. The van der Waals surface area contributed by atoms with E-state index in [0.29, 0.717) is 5.96 Å². The summed E-state index contributed by atoms with van der Waals surface area (Å²) in [4.78, 5) is 3.79. The third kappa shape index (κ3) is 4.32. The zero-order valence-corrected chi connectivity index (χ0v) is 10.8. The molecule has 6 nitrogen and oxygen atoms in total. The zero-order valence-electron chi connectivity index (χ0n) is 10.8. The molecule has 0 aliphatic rings. The normalized spacial score (nSPS) is 11.7. The minimum absolute atomic E-state index is 0.0382. The molecule has 0 aliphatic carbocycles. The van der Waals surface area contributed by atoms with Crippen molar-refractivity contribution in [2.24, 2.45) is 22.2 Å². The van der Waals surface area contributed by atoms with Crippen LogP contribution in [0.25, 0.3) is 0 Å². The predicted octanol–water partition coefficient (Wildman–Crippen LogP) is -0.532. The topological polar surface area (TPSA) is 103 Å². The van der Waals surface area contributed by atoms with Crippen LogP contribution in [0.2, 0.25) is 0 Å². The first kappa shape index (κ1) is 13.8. The van der Waals surface area contributed by atoms with E-state index in [0.717, 1.165) is 18.7 Å². The van der Waals surface area contributed by atoms with E-state index < -0.39 is 0 Å². The molecule has 0 radical (unpaired) electrons. The lowest BCUT2D eigenvalue weighted by atomic mass is 10.1. The van der Waals surface area contributed by atoms with Crippen LogP contribution in [0.15, 0.2) is 29.3 Å². The van der Waals surface area contributed by atoms with Gasteiger partial charge in [0.05, 0.1) is 20.7 Å². The Morgan fingerprint density at radius 2 is 1.83 bits per heavy atom. The van der Waals surface area contributed by atoms with E-state index in [9.17, 15) is 0 Å². The predicted molar refractivity (Wildman–Crippen MR) is 72.8 cm³/mol. The summed E-state index contributed by atoms with van der Waals surface area (Å²) in [5.74, 6) is 1.12. The first-order chi connectivity index (χ1) is 8.52. The summed E-state index contributed by atoms with van der Waals surface area (Å²) < 4.78 is 6.89. The molecule has 0 fully saturated rings. The number of benzene rings is 1. The lowest BCUT2D eigenvalue weighted by Crippen LogP contribution is -2.31. The van der Waals surface area contributed by atoms with E-state index in [1.165, 1.54) is 5.56 Å². The summed E-state index contributed by atoms with van der Waals surface area (Å²) in [7, 11) is 3.49. The maximum absolute atomic E-state index is 5.70. The highest BCUT2D eigenvalue weighted by Gasteiger charge is 2.04. The summed E-state index contributed by atoms with van der Waals surface area (Å²) in [6.45, 7) is 0.731. The summed E-state index contributed by atoms with van der Waals surface area (Å²) >= 11 is 0. The largest absolute Gasteiger partial charge is 0.497 e. The number of methoxy groups -OCH3 is 1. The number of nitrogens with zero attached hydrogens (tertiary/aromatic N) is 2. The first-order valence-corrected chi connectivity index (χ1v) is 5.59. The lowest BCUT2D eigenvalue weighted by Gasteiger charge is -2.04. The second-order valence-electron chi connectivity index (χ2n) is 3.91. The number of nitrogens with two attached hydrogens (primary N) is 3. The van der Waals surface area contributed by atoms with Crippen LogP contribution in [-0.4, -0.2) is 37.2 Å². The number of likely N-dealkylation sites (N-methyl/N-ethyl adjacent to an activating group) is 1. The van der Waals surface area contributed by atoms with E-state index in [1.54, 1.807) is 11.7 Å². The van der Waals surface area contributed by atoms with Gasteiger partial charge in [0.15, 0.2) is 0 Å². The smallest absolute Gasteiger partial charge is 0.388 e. The maximum Gasteiger partial charge on any atom is 0.388 e. The lowest BCUT2D eigenvalue weighted by molar-refractivity contribution is -0.498. The van der Waals surface area contributed by atoms with Crippen LogP contribution in [0.4, 0.5) is 0 Å². The van der Waals surface area contributed by atoms with Gasteiger partial charge < -0.3 is 16.2 Å². The van der Waals surface area contributed by atoms with Crippen molar-refractivity contribution in [1.29, 1.82) is 0 Å². The Bertz CT molecular complexity index is 446. The molecule has 98 valence electrons. The average molecular weight is 250 g/mol. The van der Waals surface area contributed by atoms with E-state index in [-0.39, 0.29) is 5.96 Å². The minimum Gasteiger partial charge on any atom is -0.497 e. The van der Waals surface area contributed by atoms with Crippen LogP contribution in [0.1, 0.15) is 5.56 Å². The molecule has 0 saturated carbocycles. The van der Waals surface area contributed by atoms with Crippen molar-refractivity contribution in [2.45, 2.75) is 6.42 Å². The van der Waals surface area contributed by atoms with Crippen molar-refractivity contribution < 1.29 is 9.31 Å². The molecule has 0 aliphatic heterocycles. The molecule has 0 atom stereocenters. The highest BCUT2D eigenvalue weighted by molar-refractivity contribution is 5.89. The maximum atomic E-state index is 5.70. The van der Waals surface area contributed by atoms with Gasteiger partial charge in [0, 0.05) is 6.42 Å². The van der Waals surface area contributed by atoms with Gasteiger partial charge in [-0.2, -0.15) is 0 Å². The number of guanidine groups is 2. The number of rotatable bonds is 4. The molecule has 0 heterocycles. The molecule has 18 heavy (non-hydrogen) atoms. The van der Waals surface area contributed by atoms with Gasteiger partial charge in [-0.05, 0) is 22.7 Å². The molecule has 0 spiro atoms. The van der Waals surface area contributed by atoms with Crippen LogP contribution in [-0.2, 0) is 6.42 Å². The number of aliphatic imine (C=N–C) groups is 1. The monoisotopic (exact) mass is 250 g/mol. The Morgan fingerprint density at radius 1 is 1.22 bits per heavy atom. The van der Waals surface area contributed by atoms with E-state index >= 15 is 0 Å². The fourth-order valence-electron chi connectivity index (χ4n) is 1.42. The van der Waals surface area contributed by atoms with Crippen LogP contribution >= 0.6 is 0 Å². The van der Waals surface area contributed by atoms with E-state index in [2.05, 4.69) is 4.99 Å². The fourth-order valence-corrected chi connectivity index (χ4v) is 1.42. The van der Waals surface area contributed by atoms with Crippen molar-refractivity contribution in [3.8, 4) is 5.75 Å². The van der Waals surface area contributed by atoms with E-state index in [1.807, 2.05) is 31.3 Å². The highest BCUT2D eigenvalue weighted by atomic mass is 16.5. The highest BCUT2D eigenvalue weighted by Crippen LogP contribution is 2.11. The number of hydrogen-bond acceptors (Lipinski definition) is 1. The summed E-state index contributed by atoms with van der Waals surface area (Å²) in [5.41, 5.74) is 17.4. The van der Waals surface area contributed by atoms with Crippen LogP contribution in [0, 0.1) is 0 Å². The van der Waals surface area contributed by atoms with Gasteiger partial charge in [0.2, 0.25) is 0 Å². The molecule has 0 amide bonds. The van der Waals surface area contributed by atoms with E-state index in [4.69, 9.17) is 21.9 Å². The van der Waals surface area contributed by atoms with Crippen molar-refractivity contribution in [2.75, 3.05) is 20.7 Å². The molecule has 1 rings (SSSR count). The molecule has 1 aromatic rings. The SMILES string of the molecule is COc1ccc(CC[N+](C)=C(N)N=C(N)N)cc1. The van der Waals surface area contributed by atoms with Crippen molar-refractivity contribution >= 4 is 11.9 Å². The molecular formula is C12H20N5O+. The molecule has 0 unspecified atom stereocenters. The minimum atomic E-state index is -0.0382. The average Bonchev–Trinajstić information content (AvgIpc) is 2.35. The van der Waals surface area contributed by atoms with Crippen LogP contribution in [0.5, 0.6) is 5.75 Å². The molecule has 1 aromatic carbocycles. The van der Waals surface area contributed by atoms with Gasteiger partial charge in [-0.1, -0.05) is 12.1 Å². The molecule has 0 bridgehead atoms. The van der Waals surface area contributed by atoms with Gasteiger partial charge in [-0.15, -0.1) is 0 Å². The standard InChI is InChI=1S/C12H19N5O/c1-17(12(15)16-11(13)14)8-7-9-3-5-10(18-2)6-4-9/h3-6H,7-8H2,1-2H3,(H5,13,14,15,16)/p+1. The van der Waals surface area contributed by atoms with Gasteiger partial charge in [0.1, 0.15) is 5.75 Å². The summed E-state index contributed by atoms with van der Waals surface area (Å²) in [5, 5.41) is 0. The second-order valence-corrected chi connectivity index (χ2v) is 3.91. The first-order valence-electron chi connectivity index (χ1n) is 5.59. The molecule has 0 saturated heterocycles. The quantitative estimate of drug-likeness (QED) is 0.379. The fraction of sp³-hybridized carbons (Fsp3) is 0.333. The zero-order chi connectivity index (χ0) is 13.5. The Hall–Kier alpha value is -2.24. The molecule has 0 aromatic heterocycles. The third-order valence-corrected chi connectivity index (χ3v) is 2.53. The van der Waals surface area contributed by atoms with Crippen LogP contribution in [0.3, 0.4) is 0 Å². The summed E-state index contributed by atoms with van der Waals surface area (Å²) in [6.07, 6.45) is 0.848. The Morgan fingerprint density at radius 3 is 2.33 bits per heavy atom.